The van der Waals surface area contributed by atoms with E-state index in [0.717, 1.165) is 0 Å². The molecule has 1 heterocycles. The van der Waals surface area contributed by atoms with Crippen LogP contribution in [0.15, 0.2) is 29.2 Å². The zero-order valence-corrected chi connectivity index (χ0v) is 14.4. The molecule has 0 atom stereocenters. The average molecular weight is 351 g/mol. The molecule has 7 nitrogen and oxygen atoms in total. The summed E-state index contributed by atoms with van der Waals surface area (Å²) in [5, 5.41) is 8.55. The topological polar surface area (TPSA) is 99.5 Å². The summed E-state index contributed by atoms with van der Waals surface area (Å²) >= 11 is 0. The van der Waals surface area contributed by atoms with Crippen LogP contribution in [-0.4, -0.2) is 45.0 Å². The second kappa shape index (κ2) is 8.13. The first kappa shape index (κ1) is 18.2. The molecule has 0 bridgehead atoms. The third-order valence-corrected chi connectivity index (χ3v) is 5.38. The Morgan fingerprint density at radius 2 is 1.96 bits per heavy atom. The Morgan fingerprint density at radius 1 is 1.33 bits per heavy atom. The van der Waals surface area contributed by atoms with Gasteiger partial charge in [-0.3, -0.25) is 4.79 Å². The first-order valence-electron chi connectivity index (χ1n) is 7.86. The fraction of sp³-hybridized carbons (Fsp3) is 0.500. The molecule has 130 valence electrons. The normalized spacial score (nSPS) is 15.8. The molecule has 1 saturated heterocycles. The lowest BCUT2D eigenvalue weighted by Crippen LogP contribution is -2.46. The van der Waals surface area contributed by atoms with Crippen LogP contribution in [0.3, 0.4) is 0 Å². The van der Waals surface area contributed by atoms with Crippen LogP contribution in [0.4, 0.5) is 0 Å². The number of ether oxygens (including phenoxy) is 1. The summed E-state index contributed by atoms with van der Waals surface area (Å²) in [6, 6.07) is 7.90. The van der Waals surface area contributed by atoms with Crippen LogP contribution in [0.2, 0.25) is 0 Å². The van der Waals surface area contributed by atoms with Crippen LogP contribution in [0, 0.1) is 11.3 Å². The van der Waals surface area contributed by atoms with Gasteiger partial charge in [0.2, 0.25) is 15.9 Å². The molecule has 0 unspecified atom stereocenters. The zero-order valence-electron chi connectivity index (χ0n) is 13.6. The SMILES string of the molecule is CCOc1ccc(S(=O)(=O)NC2CCN(C(=O)CC#N)CC2)cc1. The number of piperidine rings is 1. The van der Waals surface area contributed by atoms with E-state index in [1.165, 1.54) is 12.1 Å². The van der Waals surface area contributed by atoms with E-state index in [4.69, 9.17) is 10.00 Å². The first-order chi connectivity index (χ1) is 11.5. The van der Waals surface area contributed by atoms with Gasteiger partial charge in [-0.1, -0.05) is 0 Å². The van der Waals surface area contributed by atoms with Crippen molar-refractivity contribution < 1.29 is 17.9 Å². The highest BCUT2D eigenvalue weighted by molar-refractivity contribution is 7.89. The number of carbonyl (C=O) groups is 1. The van der Waals surface area contributed by atoms with E-state index >= 15 is 0 Å². The van der Waals surface area contributed by atoms with Crippen molar-refractivity contribution in [3.05, 3.63) is 24.3 Å². The molecular formula is C16H21N3O4S. The third kappa shape index (κ3) is 4.69. The minimum absolute atomic E-state index is 0.136. The molecule has 1 aromatic rings. The van der Waals surface area contributed by atoms with Gasteiger partial charge in [0, 0.05) is 19.1 Å². The number of rotatable bonds is 6. The van der Waals surface area contributed by atoms with E-state index in [-0.39, 0.29) is 23.3 Å². The van der Waals surface area contributed by atoms with Crippen molar-refractivity contribution in [1.82, 2.24) is 9.62 Å². The van der Waals surface area contributed by atoms with Crippen LogP contribution >= 0.6 is 0 Å². The number of likely N-dealkylation sites (tertiary alicyclic amines) is 1. The zero-order chi connectivity index (χ0) is 17.6. The fourth-order valence-electron chi connectivity index (χ4n) is 2.60. The van der Waals surface area contributed by atoms with Crippen molar-refractivity contribution in [3.63, 3.8) is 0 Å². The Bertz CT molecular complexity index is 702. The van der Waals surface area contributed by atoms with E-state index in [0.29, 0.717) is 38.3 Å². The lowest BCUT2D eigenvalue weighted by atomic mass is 10.1. The van der Waals surface area contributed by atoms with Crippen molar-refractivity contribution in [3.8, 4) is 11.8 Å². The maximum absolute atomic E-state index is 12.4. The Morgan fingerprint density at radius 3 is 2.50 bits per heavy atom. The van der Waals surface area contributed by atoms with Gasteiger partial charge >= 0.3 is 0 Å². The number of benzene rings is 1. The highest BCUT2D eigenvalue weighted by atomic mass is 32.2. The standard InChI is InChI=1S/C16H21N3O4S/c1-2-23-14-3-5-15(6-4-14)24(21,22)18-13-8-11-19(12-9-13)16(20)7-10-17/h3-6,13,18H,2,7-9,11-12H2,1H3. The molecule has 1 aromatic carbocycles. The van der Waals surface area contributed by atoms with Gasteiger partial charge in [-0.15, -0.1) is 0 Å². The second-order valence-corrected chi connectivity index (χ2v) is 7.23. The predicted molar refractivity (Wildman–Crippen MR) is 87.8 cm³/mol. The molecule has 0 aliphatic carbocycles. The molecule has 1 N–H and O–H groups in total. The van der Waals surface area contributed by atoms with Crippen molar-refractivity contribution in [2.75, 3.05) is 19.7 Å². The van der Waals surface area contributed by atoms with Crippen LogP contribution in [0.25, 0.3) is 0 Å². The van der Waals surface area contributed by atoms with E-state index in [1.807, 2.05) is 13.0 Å². The average Bonchev–Trinajstić information content (AvgIpc) is 2.56. The van der Waals surface area contributed by atoms with Gasteiger partial charge in [0.05, 0.1) is 17.6 Å². The minimum Gasteiger partial charge on any atom is -0.494 e. The molecule has 0 aromatic heterocycles. The van der Waals surface area contributed by atoms with Gasteiger partial charge in [-0.25, -0.2) is 13.1 Å². The molecule has 1 aliphatic heterocycles. The Labute approximate surface area is 142 Å². The number of hydrogen-bond acceptors (Lipinski definition) is 5. The lowest BCUT2D eigenvalue weighted by molar-refractivity contribution is -0.131. The summed E-state index contributed by atoms with van der Waals surface area (Å²) in [6.45, 7) is 3.29. The van der Waals surface area contributed by atoms with Gasteiger partial charge in [-0.05, 0) is 44.0 Å². The summed E-state index contributed by atoms with van der Waals surface area (Å²) in [5.74, 6) is 0.422. The van der Waals surface area contributed by atoms with Gasteiger partial charge in [0.1, 0.15) is 12.2 Å². The van der Waals surface area contributed by atoms with Gasteiger partial charge in [0.25, 0.3) is 0 Å². The number of nitrogens with zero attached hydrogens (tertiary/aromatic N) is 2. The van der Waals surface area contributed by atoms with Crippen LogP contribution in [0.5, 0.6) is 5.75 Å². The molecule has 0 spiro atoms. The lowest BCUT2D eigenvalue weighted by Gasteiger charge is -2.31. The monoisotopic (exact) mass is 351 g/mol. The third-order valence-electron chi connectivity index (χ3n) is 3.84. The van der Waals surface area contributed by atoms with Crippen molar-refractivity contribution >= 4 is 15.9 Å². The van der Waals surface area contributed by atoms with E-state index in [9.17, 15) is 13.2 Å². The van der Waals surface area contributed by atoms with E-state index in [2.05, 4.69) is 4.72 Å². The van der Waals surface area contributed by atoms with Crippen LogP contribution < -0.4 is 9.46 Å². The van der Waals surface area contributed by atoms with E-state index in [1.54, 1.807) is 17.0 Å². The van der Waals surface area contributed by atoms with Crippen molar-refractivity contribution in [2.24, 2.45) is 0 Å². The van der Waals surface area contributed by atoms with Gasteiger partial charge in [0.15, 0.2) is 0 Å². The highest BCUT2D eigenvalue weighted by Gasteiger charge is 2.26. The summed E-state index contributed by atoms with van der Waals surface area (Å²) in [4.78, 5) is 13.4. The highest BCUT2D eigenvalue weighted by Crippen LogP contribution is 2.18. The van der Waals surface area contributed by atoms with Crippen molar-refractivity contribution in [2.45, 2.75) is 37.1 Å². The first-order valence-corrected chi connectivity index (χ1v) is 9.34. The molecule has 0 radical (unpaired) electrons. The molecule has 8 heteroatoms. The predicted octanol–water partition coefficient (Wildman–Crippen LogP) is 1.27. The maximum atomic E-state index is 12.4. The molecule has 2 rings (SSSR count). The fourth-order valence-corrected chi connectivity index (χ4v) is 3.90. The number of carbonyl (C=O) groups excluding carboxylic acids is 1. The Hall–Kier alpha value is -2.11. The van der Waals surface area contributed by atoms with Crippen LogP contribution in [0.1, 0.15) is 26.2 Å². The minimum atomic E-state index is -3.60. The Kier molecular flexibility index (Phi) is 6.17. The summed E-state index contributed by atoms with van der Waals surface area (Å²) < 4.78 is 32.8. The Balaban J connectivity index is 1.93. The van der Waals surface area contributed by atoms with Gasteiger partial charge < -0.3 is 9.64 Å². The summed E-state index contributed by atoms with van der Waals surface area (Å²) in [6.07, 6.45) is 0.934. The summed E-state index contributed by atoms with van der Waals surface area (Å²) in [7, 11) is -3.60. The molecule has 1 aliphatic rings. The smallest absolute Gasteiger partial charge is 0.240 e. The van der Waals surface area contributed by atoms with Crippen molar-refractivity contribution in [1.29, 1.82) is 5.26 Å². The van der Waals surface area contributed by atoms with Gasteiger partial charge in [-0.2, -0.15) is 5.26 Å². The number of nitrogens with one attached hydrogen (secondary N) is 1. The number of nitriles is 1. The molecule has 1 fully saturated rings. The second-order valence-electron chi connectivity index (χ2n) is 5.52. The summed E-state index contributed by atoms with van der Waals surface area (Å²) in [5.41, 5.74) is 0. The van der Waals surface area contributed by atoms with E-state index < -0.39 is 10.0 Å². The number of hydrogen-bond donors (Lipinski definition) is 1. The van der Waals surface area contributed by atoms with Crippen LogP contribution in [-0.2, 0) is 14.8 Å². The quantitative estimate of drug-likeness (QED) is 0.832. The molecular weight excluding hydrogens is 330 g/mol. The molecule has 0 saturated carbocycles. The number of sulfonamides is 1. The number of amides is 1. The maximum Gasteiger partial charge on any atom is 0.240 e. The molecule has 1 amide bonds. The largest absolute Gasteiger partial charge is 0.494 e. The molecule has 24 heavy (non-hydrogen) atoms.